The molecule has 2 N–H and O–H groups in total. The van der Waals surface area contributed by atoms with Gasteiger partial charge >= 0.3 is 0 Å². The highest BCUT2D eigenvalue weighted by molar-refractivity contribution is 7.10. The number of likely N-dealkylation sites (tertiary alicyclic amines) is 1. The molecule has 2 heterocycles. The van der Waals surface area contributed by atoms with Crippen molar-refractivity contribution in [3.8, 4) is 11.8 Å². The Kier molecular flexibility index (Phi) is 5.87. The number of ether oxygens (including phenoxy) is 1. The second-order valence-electron chi connectivity index (χ2n) is 4.96. The number of rotatable bonds is 4. The molecule has 1 aromatic heterocycles. The highest BCUT2D eigenvalue weighted by atomic mass is 32.1. The van der Waals surface area contributed by atoms with Gasteiger partial charge in [-0.2, -0.15) is 0 Å². The Balaban J connectivity index is 1.95. The lowest BCUT2D eigenvalue weighted by Crippen LogP contribution is -2.36. The molecule has 1 aliphatic heterocycles. The third-order valence-electron chi connectivity index (χ3n) is 3.44. The Bertz CT molecular complexity index is 444. The Labute approximate surface area is 119 Å². The van der Waals surface area contributed by atoms with Crippen molar-refractivity contribution in [1.82, 2.24) is 4.90 Å². The molecule has 0 aliphatic carbocycles. The Morgan fingerprint density at radius 2 is 2.47 bits per heavy atom. The highest BCUT2D eigenvalue weighted by Gasteiger charge is 2.20. The van der Waals surface area contributed by atoms with Crippen LogP contribution in [0.15, 0.2) is 11.4 Å². The van der Waals surface area contributed by atoms with Gasteiger partial charge in [-0.05, 0) is 36.8 Å². The maximum absolute atomic E-state index is 5.44. The van der Waals surface area contributed by atoms with E-state index in [2.05, 4.69) is 28.2 Å². The number of thiophene rings is 1. The van der Waals surface area contributed by atoms with Gasteiger partial charge in [0.05, 0.1) is 13.2 Å². The van der Waals surface area contributed by atoms with Crippen LogP contribution in [0.5, 0.6) is 0 Å². The lowest BCUT2D eigenvalue weighted by molar-refractivity contribution is 0.0878. The molecule has 1 aliphatic rings. The first-order valence-electron chi connectivity index (χ1n) is 6.80. The number of nitrogens with two attached hydrogens (primary N) is 1. The lowest BCUT2D eigenvalue weighted by Gasteiger charge is -2.32. The SMILES string of the molecule is COCC1CCCN(Cc2sccc2C#CCN)C1. The molecule has 2 rings (SSSR count). The van der Waals surface area contributed by atoms with Crippen molar-refractivity contribution >= 4 is 11.3 Å². The number of hydrogen-bond acceptors (Lipinski definition) is 4. The summed E-state index contributed by atoms with van der Waals surface area (Å²) in [4.78, 5) is 3.88. The fourth-order valence-corrected chi connectivity index (χ4v) is 3.46. The zero-order valence-corrected chi connectivity index (χ0v) is 12.3. The average molecular weight is 278 g/mol. The zero-order valence-electron chi connectivity index (χ0n) is 11.5. The van der Waals surface area contributed by atoms with Crippen LogP contribution in [0.1, 0.15) is 23.3 Å². The molecule has 1 fully saturated rings. The first-order chi connectivity index (χ1) is 9.33. The molecule has 0 radical (unpaired) electrons. The molecule has 19 heavy (non-hydrogen) atoms. The predicted octanol–water partition coefficient (Wildman–Crippen LogP) is 1.92. The first kappa shape index (κ1) is 14.5. The van der Waals surface area contributed by atoms with Gasteiger partial charge in [-0.25, -0.2) is 0 Å². The van der Waals surface area contributed by atoms with Gasteiger partial charge in [0.25, 0.3) is 0 Å². The van der Waals surface area contributed by atoms with E-state index in [-0.39, 0.29) is 0 Å². The van der Waals surface area contributed by atoms with Crippen molar-refractivity contribution in [2.45, 2.75) is 19.4 Å². The molecule has 1 saturated heterocycles. The summed E-state index contributed by atoms with van der Waals surface area (Å²) in [6.07, 6.45) is 2.55. The van der Waals surface area contributed by atoms with Crippen LogP contribution in [0.25, 0.3) is 0 Å². The highest BCUT2D eigenvalue weighted by Crippen LogP contribution is 2.22. The molecule has 0 bridgehead atoms. The van der Waals surface area contributed by atoms with Gasteiger partial charge in [-0.3, -0.25) is 4.90 Å². The van der Waals surface area contributed by atoms with E-state index in [1.54, 1.807) is 18.4 Å². The second kappa shape index (κ2) is 7.66. The molecule has 0 spiro atoms. The Hall–Kier alpha value is -0.860. The van der Waals surface area contributed by atoms with Crippen LogP contribution in [-0.2, 0) is 11.3 Å². The van der Waals surface area contributed by atoms with Crippen LogP contribution in [0, 0.1) is 17.8 Å². The maximum atomic E-state index is 5.44. The van der Waals surface area contributed by atoms with Crippen LogP contribution in [0.4, 0.5) is 0 Å². The van der Waals surface area contributed by atoms with E-state index in [1.165, 1.54) is 24.3 Å². The van der Waals surface area contributed by atoms with Crippen molar-refractivity contribution < 1.29 is 4.74 Å². The minimum atomic E-state index is 0.426. The van der Waals surface area contributed by atoms with Gasteiger partial charge in [0.2, 0.25) is 0 Å². The molecular weight excluding hydrogens is 256 g/mol. The van der Waals surface area contributed by atoms with E-state index in [0.717, 1.165) is 25.3 Å². The van der Waals surface area contributed by atoms with Gasteiger partial charge in [-0.1, -0.05) is 11.8 Å². The summed E-state index contributed by atoms with van der Waals surface area (Å²) in [7, 11) is 1.79. The van der Waals surface area contributed by atoms with Gasteiger partial charge in [0.15, 0.2) is 0 Å². The molecule has 104 valence electrons. The summed E-state index contributed by atoms with van der Waals surface area (Å²) < 4.78 is 5.28. The van der Waals surface area contributed by atoms with Crippen LogP contribution in [-0.4, -0.2) is 38.3 Å². The Morgan fingerprint density at radius 1 is 1.58 bits per heavy atom. The molecule has 0 saturated carbocycles. The number of hydrogen-bond donors (Lipinski definition) is 1. The lowest BCUT2D eigenvalue weighted by atomic mass is 9.99. The monoisotopic (exact) mass is 278 g/mol. The standard InChI is InChI=1S/C15H22N2OS/c1-18-12-13-4-3-8-17(10-13)11-15-14(5-2-7-16)6-9-19-15/h6,9,13H,3-4,7-8,10-12,16H2,1H3. The summed E-state index contributed by atoms with van der Waals surface area (Å²) in [6.45, 7) is 4.62. The van der Waals surface area contributed by atoms with Crippen LogP contribution in [0.2, 0.25) is 0 Å². The summed E-state index contributed by atoms with van der Waals surface area (Å²) in [6, 6.07) is 2.10. The van der Waals surface area contributed by atoms with E-state index >= 15 is 0 Å². The van der Waals surface area contributed by atoms with E-state index in [1.807, 2.05) is 0 Å². The summed E-state index contributed by atoms with van der Waals surface area (Å²) in [5, 5.41) is 2.12. The normalized spacial score (nSPS) is 20.0. The molecule has 4 heteroatoms. The molecule has 0 aromatic carbocycles. The quantitative estimate of drug-likeness (QED) is 0.855. The van der Waals surface area contributed by atoms with Gasteiger partial charge < -0.3 is 10.5 Å². The zero-order chi connectivity index (χ0) is 13.5. The summed E-state index contributed by atoms with van der Waals surface area (Å²) in [5.74, 6) is 6.78. The van der Waals surface area contributed by atoms with E-state index < -0.39 is 0 Å². The molecule has 1 unspecified atom stereocenters. The van der Waals surface area contributed by atoms with Gasteiger partial charge in [0, 0.05) is 30.6 Å². The van der Waals surface area contributed by atoms with Crippen LogP contribution in [0.3, 0.4) is 0 Å². The minimum absolute atomic E-state index is 0.426. The van der Waals surface area contributed by atoms with E-state index in [4.69, 9.17) is 10.5 Å². The van der Waals surface area contributed by atoms with Crippen LogP contribution < -0.4 is 5.73 Å². The van der Waals surface area contributed by atoms with Gasteiger partial charge in [0.1, 0.15) is 0 Å². The van der Waals surface area contributed by atoms with Crippen molar-refractivity contribution in [2.24, 2.45) is 11.7 Å². The smallest absolute Gasteiger partial charge is 0.0555 e. The maximum Gasteiger partial charge on any atom is 0.0555 e. The van der Waals surface area contributed by atoms with Crippen molar-refractivity contribution in [3.63, 3.8) is 0 Å². The minimum Gasteiger partial charge on any atom is -0.384 e. The topological polar surface area (TPSA) is 38.5 Å². The van der Waals surface area contributed by atoms with E-state index in [9.17, 15) is 0 Å². The predicted molar refractivity (Wildman–Crippen MR) is 80.1 cm³/mol. The molecular formula is C15H22N2OS. The number of nitrogens with zero attached hydrogens (tertiary/aromatic N) is 1. The third kappa shape index (κ3) is 4.32. The number of piperidine rings is 1. The fourth-order valence-electron chi connectivity index (χ4n) is 2.59. The number of methoxy groups -OCH3 is 1. The van der Waals surface area contributed by atoms with Crippen molar-refractivity contribution in [2.75, 3.05) is 33.4 Å². The summed E-state index contributed by atoms with van der Waals surface area (Å²) in [5.41, 5.74) is 6.58. The molecule has 3 nitrogen and oxygen atoms in total. The molecule has 1 atom stereocenters. The average Bonchev–Trinajstić information content (AvgIpc) is 2.84. The molecule has 1 aromatic rings. The van der Waals surface area contributed by atoms with Crippen molar-refractivity contribution in [3.05, 3.63) is 21.9 Å². The van der Waals surface area contributed by atoms with Crippen LogP contribution >= 0.6 is 11.3 Å². The Morgan fingerprint density at radius 3 is 3.26 bits per heavy atom. The van der Waals surface area contributed by atoms with E-state index in [0.29, 0.717) is 12.5 Å². The third-order valence-corrected chi connectivity index (χ3v) is 4.35. The second-order valence-corrected chi connectivity index (χ2v) is 5.96. The fraction of sp³-hybridized carbons (Fsp3) is 0.600. The summed E-state index contributed by atoms with van der Waals surface area (Å²) >= 11 is 1.79. The largest absolute Gasteiger partial charge is 0.384 e. The van der Waals surface area contributed by atoms with Gasteiger partial charge in [-0.15, -0.1) is 11.3 Å². The van der Waals surface area contributed by atoms with Crippen molar-refractivity contribution in [1.29, 1.82) is 0 Å². The molecule has 0 amide bonds. The first-order valence-corrected chi connectivity index (χ1v) is 7.68.